The normalized spacial score (nSPS) is 13.4. The fraction of sp³-hybridized carbons (Fsp3) is 0.217. The average Bonchev–Trinajstić information content (AvgIpc) is 3.30. The standard InChI is InChI=1S/C23H20N4O3S/c28-20(26-12-3-7-16-6-1-2-10-19(16)26)15-25-11-4-9-18-21(25)24-23(30)27(22(18)29)14-17-8-5-13-31-17/h1-2,4-6,8-11,13H,3,7,12,14-15H2. The maximum atomic E-state index is 13.1. The molecule has 1 aromatic heterocycles. The van der Waals surface area contributed by atoms with Gasteiger partial charge in [-0.15, -0.1) is 11.3 Å². The lowest BCUT2D eigenvalue weighted by atomic mass is 10.0. The van der Waals surface area contributed by atoms with Crippen LogP contribution in [0.15, 0.2) is 69.7 Å². The highest BCUT2D eigenvalue weighted by Crippen LogP contribution is 2.27. The van der Waals surface area contributed by atoms with E-state index in [-0.39, 0.29) is 24.8 Å². The van der Waals surface area contributed by atoms with Crippen LogP contribution in [0.5, 0.6) is 0 Å². The first-order chi connectivity index (χ1) is 15.1. The van der Waals surface area contributed by atoms with Crippen molar-refractivity contribution >= 4 is 22.9 Å². The number of hydrogen-bond donors (Lipinski definition) is 0. The van der Waals surface area contributed by atoms with Crippen LogP contribution >= 0.6 is 11.3 Å². The number of pyridine rings is 1. The zero-order chi connectivity index (χ0) is 21.4. The van der Waals surface area contributed by atoms with Crippen molar-refractivity contribution in [2.75, 3.05) is 11.4 Å². The lowest BCUT2D eigenvalue weighted by Crippen LogP contribution is -2.40. The first-order valence-corrected chi connectivity index (χ1v) is 11.0. The smallest absolute Gasteiger partial charge is 0.323 e. The number of benzene rings is 1. The summed E-state index contributed by atoms with van der Waals surface area (Å²) in [7, 11) is 0. The van der Waals surface area contributed by atoms with Crippen LogP contribution in [0.2, 0.25) is 0 Å². The van der Waals surface area contributed by atoms with E-state index in [1.54, 1.807) is 27.8 Å². The van der Waals surface area contributed by atoms with Crippen LogP contribution in [0, 0.1) is 0 Å². The Morgan fingerprint density at radius 1 is 1.06 bits per heavy atom. The Morgan fingerprint density at radius 2 is 1.94 bits per heavy atom. The molecule has 0 saturated carbocycles. The van der Waals surface area contributed by atoms with Crippen LogP contribution in [0.4, 0.5) is 5.69 Å². The Labute approximate surface area is 182 Å². The average molecular weight is 433 g/mol. The molecular formula is C23H20N4O3S. The molecule has 0 aliphatic carbocycles. The summed E-state index contributed by atoms with van der Waals surface area (Å²) in [4.78, 5) is 45.6. The van der Waals surface area contributed by atoms with Crippen LogP contribution < -0.4 is 16.1 Å². The van der Waals surface area contributed by atoms with E-state index in [4.69, 9.17) is 0 Å². The highest BCUT2D eigenvalue weighted by molar-refractivity contribution is 7.09. The van der Waals surface area contributed by atoms with Gasteiger partial charge >= 0.3 is 5.69 Å². The number of carbonyl (C=O) groups excluding carboxylic acids is 1. The summed E-state index contributed by atoms with van der Waals surface area (Å²) in [6, 6.07) is 15.0. The van der Waals surface area contributed by atoms with Gasteiger partial charge in [0.15, 0.2) is 5.82 Å². The van der Waals surface area contributed by atoms with Crippen molar-refractivity contribution in [2.24, 2.45) is 0 Å². The third kappa shape index (κ3) is 3.59. The number of carbonyl (C=O) groups is 1. The maximum Gasteiger partial charge on any atom is 0.352 e. The Kier molecular flexibility index (Phi) is 4.99. The molecule has 3 aliphatic rings. The van der Waals surface area contributed by atoms with Crippen molar-refractivity contribution in [3.63, 3.8) is 0 Å². The molecule has 0 radical (unpaired) electrons. The fourth-order valence-corrected chi connectivity index (χ4v) is 4.76. The number of thiophene rings is 1. The van der Waals surface area contributed by atoms with Crippen molar-refractivity contribution in [3.8, 4) is 11.4 Å². The molecule has 0 bridgehead atoms. The van der Waals surface area contributed by atoms with E-state index in [9.17, 15) is 14.4 Å². The lowest BCUT2D eigenvalue weighted by Gasteiger charge is -2.30. The van der Waals surface area contributed by atoms with Gasteiger partial charge in [-0.1, -0.05) is 24.3 Å². The number of amides is 1. The largest absolute Gasteiger partial charge is 0.352 e. The zero-order valence-electron chi connectivity index (χ0n) is 16.7. The lowest BCUT2D eigenvalue weighted by molar-refractivity contribution is -0.119. The fourth-order valence-electron chi connectivity index (χ4n) is 4.07. The van der Waals surface area contributed by atoms with Crippen LogP contribution in [0.3, 0.4) is 0 Å². The number of rotatable bonds is 4. The molecule has 1 aromatic carbocycles. The van der Waals surface area contributed by atoms with E-state index >= 15 is 0 Å². The van der Waals surface area contributed by atoms with Crippen LogP contribution in [0.25, 0.3) is 11.4 Å². The topological polar surface area (TPSA) is 77.2 Å². The first-order valence-electron chi connectivity index (χ1n) is 10.1. The number of fused-ring (bicyclic) bond motifs is 2. The highest BCUT2D eigenvalue weighted by atomic mass is 32.1. The Hall–Kier alpha value is -3.52. The third-order valence-electron chi connectivity index (χ3n) is 5.56. The summed E-state index contributed by atoms with van der Waals surface area (Å²) >= 11 is 1.48. The molecule has 0 spiro atoms. The summed E-state index contributed by atoms with van der Waals surface area (Å²) in [6.45, 7) is 0.845. The van der Waals surface area contributed by atoms with E-state index in [0.717, 1.165) is 33.5 Å². The van der Waals surface area contributed by atoms with Gasteiger partial charge < -0.3 is 9.47 Å². The summed E-state index contributed by atoms with van der Waals surface area (Å²) < 4.78 is 2.73. The van der Waals surface area contributed by atoms with Crippen molar-refractivity contribution in [3.05, 3.63) is 91.4 Å². The van der Waals surface area contributed by atoms with Gasteiger partial charge in [-0.05, 0) is 48.1 Å². The Bertz CT molecular complexity index is 1340. The second-order valence-corrected chi connectivity index (χ2v) is 8.55. The molecule has 8 heteroatoms. The molecule has 7 nitrogen and oxygen atoms in total. The van der Waals surface area contributed by atoms with Crippen molar-refractivity contribution in [2.45, 2.75) is 25.9 Å². The summed E-state index contributed by atoms with van der Waals surface area (Å²) in [6.07, 6.45) is 3.54. The van der Waals surface area contributed by atoms with Gasteiger partial charge in [-0.2, -0.15) is 4.98 Å². The van der Waals surface area contributed by atoms with E-state index in [0.29, 0.717) is 12.1 Å². The van der Waals surface area contributed by atoms with Gasteiger partial charge in [0.25, 0.3) is 5.56 Å². The summed E-state index contributed by atoms with van der Waals surface area (Å²) in [5, 5.41) is 1.90. The van der Waals surface area contributed by atoms with E-state index in [1.165, 1.54) is 11.3 Å². The molecular weight excluding hydrogens is 412 g/mol. The molecule has 1 amide bonds. The minimum Gasteiger partial charge on any atom is -0.323 e. The summed E-state index contributed by atoms with van der Waals surface area (Å²) in [5.41, 5.74) is 1.40. The summed E-state index contributed by atoms with van der Waals surface area (Å²) in [5.74, 6) is 0.139. The molecule has 156 valence electrons. The van der Waals surface area contributed by atoms with Gasteiger partial charge in [-0.25, -0.2) is 4.79 Å². The molecule has 0 saturated heterocycles. The molecule has 0 atom stereocenters. The molecule has 31 heavy (non-hydrogen) atoms. The highest BCUT2D eigenvalue weighted by Gasteiger charge is 2.24. The number of anilines is 1. The van der Waals surface area contributed by atoms with Gasteiger partial charge in [0, 0.05) is 23.3 Å². The zero-order valence-corrected chi connectivity index (χ0v) is 17.5. The predicted octanol–water partition coefficient (Wildman–Crippen LogP) is 2.60. The van der Waals surface area contributed by atoms with Gasteiger partial charge in [-0.3, -0.25) is 14.2 Å². The molecule has 0 fully saturated rings. The molecule has 5 rings (SSSR count). The van der Waals surface area contributed by atoms with Gasteiger partial charge in [0.05, 0.1) is 12.1 Å². The second-order valence-electron chi connectivity index (χ2n) is 7.52. The quantitative estimate of drug-likeness (QED) is 0.497. The molecule has 3 aliphatic heterocycles. The molecule has 4 heterocycles. The monoisotopic (exact) mass is 432 g/mol. The Morgan fingerprint density at radius 3 is 2.77 bits per heavy atom. The van der Waals surface area contributed by atoms with Crippen molar-refractivity contribution in [1.29, 1.82) is 0 Å². The Balaban J connectivity index is 1.49. The number of aromatic nitrogens is 3. The van der Waals surface area contributed by atoms with Crippen LogP contribution in [-0.2, 0) is 24.3 Å². The van der Waals surface area contributed by atoms with E-state index < -0.39 is 11.2 Å². The number of hydrogen-bond acceptors (Lipinski definition) is 5. The predicted molar refractivity (Wildman–Crippen MR) is 120 cm³/mol. The van der Waals surface area contributed by atoms with Gasteiger partial charge in [0.1, 0.15) is 6.54 Å². The SMILES string of the molecule is O=C(Cn1cccc2c(=O)n(Cc3cccs3)c(=O)nc1-2)N1CCCc2ccccc21. The van der Waals surface area contributed by atoms with E-state index in [1.807, 2.05) is 41.8 Å². The molecule has 0 unspecified atom stereocenters. The number of nitrogens with zero attached hydrogens (tertiary/aromatic N) is 4. The third-order valence-corrected chi connectivity index (χ3v) is 6.42. The van der Waals surface area contributed by atoms with Crippen LogP contribution in [0.1, 0.15) is 16.9 Å². The minimum atomic E-state index is -0.610. The maximum absolute atomic E-state index is 13.1. The van der Waals surface area contributed by atoms with Crippen LogP contribution in [-0.4, -0.2) is 26.6 Å². The second kappa shape index (κ2) is 7.96. The van der Waals surface area contributed by atoms with E-state index in [2.05, 4.69) is 4.98 Å². The van der Waals surface area contributed by atoms with Crippen molar-refractivity contribution in [1.82, 2.24) is 14.1 Å². The number of para-hydroxylation sites is 1. The molecule has 0 N–H and O–H groups in total. The first kappa shape index (κ1) is 19.4. The van der Waals surface area contributed by atoms with Crippen molar-refractivity contribution < 1.29 is 4.79 Å². The van der Waals surface area contributed by atoms with Gasteiger partial charge in [0.2, 0.25) is 5.91 Å². The minimum absolute atomic E-state index is 0.00644. The number of aryl methyl sites for hydroxylation is 1. The molecule has 2 aromatic rings.